The largest absolute Gasteiger partial charge is 0.0955 e. The third kappa shape index (κ3) is 1.53. The molecule has 13 heavy (non-hydrogen) atoms. The lowest BCUT2D eigenvalue weighted by Crippen LogP contribution is -2.05. The Hall–Kier alpha value is -1.04. The van der Waals surface area contributed by atoms with E-state index in [0.717, 1.165) is 0 Å². The van der Waals surface area contributed by atoms with Crippen LogP contribution in [0.25, 0.3) is 5.57 Å². The van der Waals surface area contributed by atoms with Gasteiger partial charge < -0.3 is 0 Å². The monoisotopic (exact) mass is 172 g/mol. The Morgan fingerprint density at radius 2 is 2.00 bits per heavy atom. The topological polar surface area (TPSA) is 0 Å². The molecule has 0 fully saturated rings. The van der Waals surface area contributed by atoms with Crippen LogP contribution < -0.4 is 0 Å². The molecular weight excluding hydrogens is 156 g/mol. The van der Waals surface area contributed by atoms with E-state index >= 15 is 0 Å². The van der Waals surface area contributed by atoms with Crippen LogP contribution >= 0.6 is 0 Å². The summed E-state index contributed by atoms with van der Waals surface area (Å²) in [4.78, 5) is 0. The molecule has 0 saturated carbocycles. The molecule has 68 valence electrons. The molecule has 1 aromatic rings. The van der Waals surface area contributed by atoms with Crippen molar-refractivity contribution in [1.82, 2.24) is 0 Å². The Kier molecular flexibility index (Phi) is 2.22. The molecule has 0 heterocycles. The molecule has 0 saturated heterocycles. The number of hydrogen-bond donors (Lipinski definition) is 0. The summed E-state index contributed by atoms with van der Waals surface area (Å²) in [5.41, 5.74) is 5.70. The molecule has 0 bridgehead atoms. The summed E-state index contributed by atoms with van der Waals surface area (Å²) in [5, 5.41) is 0. The fraction of sp³-hybridized carbons (Fsp3) is 0.385. The number of fused-ring (bicyclic) bond motifs is 1. The summed E-state index contributed by atoms with van der Waals surface area (Å²) in [5.74, 6) is 0. The van der Waals surface area contributed by atoms with Gasteiger partial charge >= 0.3 is 0 Å². The Balaban J connectivity index is 2.52. The molecule has 0 atom stereocenters. The summed E-state index contributed by atoms with van der Waals surface area (Å²) < 4.78 is 0. The van der Waals surface area contributed by atoms with Crippen molar-refractivity contribution in [3.63, 3.8) is 0 Å². The predicted octanol–water partition coefficient (Wildman–Crippen LogP) is 3.60. The van der Waals surface area contributed by atoms with Gasteiger partial charge in [0.1, 0.15) is 0 Å². The van der Waals surface area contributed by atoms with Crippen LogP contribution in [0.1, 0.15) is 36.5 Å². The Morgan fingerprint density at radius 1 is 1.23 bits per heavy atom. The number of allylic oxidation sites excluding steroid dienone is 1. The summed E-state index contributed by atoms with van der Waals surface area (Å²) in [6, 6.07) is 6.63. The van der Waals surface area contributed by atoms with Crippen LogP contribution in [0.4, 0.5) is 0 Å². The minimum Gasteiger partial charge on any atom is -0.0955 e. The molecule has 0 nitrogen and oxygen atoms in total. The van der Waals surface area contributed by atoms with E-state index in [-0.39, 0.29) is 0 Å². The van der Waals surface area contributed by atoms with E-state index in [9.17, 15) is 0 Å². The van der Waals surface area contributed by atoms with Crippen molar-refractivity contribution in [3.05, 3.63) is 41.5 Å². The lowest BCUT2D eigenvalue weighted by molar-refractivity contribution is 0.684. The van der Waals surface area contributed by atoms with Gasteiger partial charge in [-0.3, -0.25) is 0 Å². The predicted molar refractivity (Wildman–Crippen MR) is 57.8 cm³/mol. The number of hydrogen-bond acceptors (Lipinski definition) is 0. The lowest BCUT2D eigenvalue weighted by atomic mass is 9.86. The molecule has 0 spiro atoms. The Labute approximate surface area is 80.3 Å². The SMILES string of the molecule is C=C(C)c1cccc2c1CCCC2. The molecule has 0 aliphatic heterocycles. The summed E-state index contributed by atoms with van der Waals surface area (Å²) in [6.45, 7) is 6.13. The molecule has 0 radical (unpaired) electrons. The van der Waals surface area contributed by atoms with Gasteiger partial charge in [-0.15, -0.1) is 0 Å². The third-order valence-corrected chi connectivity index (χ3v) is 2.86. The molecule has 0 aromatic heterocycles. The molecule has 2 rings (SSSR count). The van der Waals surface area contributed by atoms with Gasteiger partial charge in [-0.25, -0.2) is 0 Å². The van der Waals surface area contributed by atoms with E-state index in [1.807, 2.05) is 0 Å². The molecule has 0 heteroatoms. The van der Waals surface area contributed by atoms with Gasteiger partial charge in [-0.2, -0.15) is 0 Å². The van der Waals surface area contributed by atoms with Crippen LogP contribution in [-0.2, 0) is 12.8 Å². The van der Waals surface area contributed by atoms with Crippen LogP contribution in [0.5, 0.6) is 0 Å². The quantitative estimate of drug-likeness (QED) is 0.607. The zero-order chi connectivity index (χ0) is 9.26. The van der Waals surface area contributed by atoms with Crippen molar-refractivity contribution >= 4 is 5.57 Å². The van der Waals surface area contributed by atoms with Crippen molar-refractivity contribution in [2.45, 2.75) is 32.6 Å². The molecule has 1 aromatic carbocycles. The highest BCUT2D eigenvalue weighted by Crippen LogP contribution is 2.27. The minimum absolute atomic E-state index is 1.21. The van der Waals surface area contributed by atoms with Gasteiger partial charge in [0, 0.05) is 0 Å². The van der Waals surface area contributed by atoms with Crippen molar-refractivity contribution in [2.75, 3.05) is 0 Å². The molecule has 0 N–H and O–H groups in total. The second-order valence-corrected chi connectivity index (χ2v) is 3.93. The van der Waals surface area contributed by atoms with E-state index in [1.54, 1.807) is 11.1 Å². The first-order valence-corrected chi connectivity index (χ1v) is 5.05. The van der Waals surface area contributed by atoms with E-state index in [4.69, 9.17) is 0 Å². The summed E-state index contributed by atoms with van der Waals surface area (Å²) in [7, 11) is 0. The first-order chi connectivity index (χ1) is 6.29. The molecule has 0 amide bonds. The van der Waals surface area contributed by atoms with Crippen LogP contribution in [0.2, 0.25) is 0 Å². The molecule has 1 aliphatic rings. The highest BCUT2D eigenvalue weighted by molar-refractivity contribution is 5.66. The lowest BCUT2D eigenvalue weighted by Gasteiger charge is -2.19. The van der Waals surface area contributed by atoms with Crippen LogP contribution in [-0.4, -0.2) is 0 Å². The van der Waals surface area contributed by atoms with Gasteiger partial charge in [0.15, 0.2) is 0 Å². The second-order valence-electron chi connectivity index (χ2n) is 3.93. The Morgan fingerprint density at radius 3 is 2.77 bits per heavy atom. The Bertz CT molecular complexity index is 334. The van der Waals surface area contributed by atoms with E-state index in [1.165, 1.54) is 36.8 Å². The zero-order valence-corrected chi connectivity index (χ0v) is 8.27. The van der Waals surface area contributed by atoms with Crippen LogP contribution in [0.3, 0.4) is 0 Å². The minimum atomic E-state index is 1.21. The van der Waals surface area contributed by atoms with Crippen molar-refractivity contribution < 1.29 is 0 Å². The van der Waals surface area contributed by atoms with Crippen molar-refractivity contribution in [3.8, 4) is 0 Å². The maximum absolute atomic E-state index is 4.03. The van der Waals surface area contributed by atoms with E-state index in [0.29, 0.717) is 0 Å². The first-order valence-electron chi connectivity index (χ1n) is 5.05. The standard InChI is InChI=1S/C13H16/c1-10(2)12-9-5-7-11-6-3-4-8-13(11)12/h5,7,9H,1,3-4,6,8H2,2H3. The summed E-state index contributed by atoms with van der Waals surface area (Å²) >= 11 is 0. The van der Waals surface area contributed by atoms with Gasteiger partial charge in [0.05, 0.1) is 0 Å². The number of rotatable bonds is 1. The normalized spacial score (nSPS) is 15.2. The fourth-order valence-electron chi connectivity index (χ4n) is 2.18. The van der Waals surface area contributed by atoms with Gasteiger partial charge in [0.25, 0.3) is 0 Å². The maximum atomic E-state index is 4.03. The average Bonchev–Trinajstić information content (AvgIpc) is 2.17. The van der Waals surface area contributed by atoms with Crippen molar-refractivity contribution in [2.24, 2.45) is 0 Å². The average molecular weight is 172 g/mol. The maximum Gasteiger partial charge on any atom is -0.0198 e. The van der Waals surface area contributed by atoms with E-state index in [2.05, 4.69) is 31.7 Å². The summed E-state index contributed by atoms with van der Waals surface area (Å²) in [6.07, 6.45) is 5.21. The fourth-order valence-corrected chi connectivity index (χ4v) is 2.18. The highest BCUT2D eigenvalue weighted by atomic mass is 14.2. The van der Waals surface area contributed by atoms with Crippen LogP contribution in [0.15, 0.2) is 24.8 Å². The van der Waals surface area contributed by atoms with E-state index < -0.39 is 0 Å². The molecule has 0 unspecified atom stereocenters. The van der Waals surface area contributed by atoms with Gasteiger partial charge in [-0.05, 0) is 49.3 Å². The first kappa shape index (κ1) is 8.55. The van der Waals surface area contributed by atoms with Gasteiger partial charge in [0.2, 0.25) is 0 Å². The third-order valence-electron chi connectivity index (χ3n) is 2.86. The number of benzene rings is 1. The second kappa shape index (κ2) is 3.37. The van der Waals surface area contributed by atoms with Crippen LogP contribution in [0, 0.1) is 0 Å². The van der Waals surface area contributed by atoms with Crippen molar-refractivity contribution in [1.29, 1.82) is 0 Å². The highest BCUT2D eigenvalue weighted by Gasteiger charge is 2.12. The number of aryl methyl sites for hydroxylation is 1. The zero-order valence-electron chi connectivity index (χ0n) is 8.27. The molecule has 1 aliphatic carbocycles. The van der Waals surface area contributed by atoms with Gasteiger partial charge in [-0.1, -0.05) is 30.4 Å². The molecular formula is C13H16. The smallest absolute Gasteiger partial charge is 0.0198 e.